The molecule has 0 aliphatic carbocycles. The number of aliphatic carboxylic acids is 1. The Hall–Kier alpha value is -1.78. The quantitative estimate of drug-likeness (QED) is 0.884. The summed E-state index contributed by atoms with van der Waals surface area (Å²) in [6.07, 6.45) is -0.450. The van der Waals surface area contributed by atoms with Gasteiger partial charge in [-0.25, -0.2) is 4.79 Å². The lowest BCUT2D eigenvalue weighted by atomic mass is 10.1. The summed E-state index contributed by atoms with van der Waals surface area (Å²) in [6.45, 7) is 0. The van der Waals surface area contributed by atoms with Crippen molar-refractivity contribution in [2.45, 2.75) is 22.3 Å². The number of ether oxygens (including phenoxy) is 1. The first-order valence-corrected chi connectivity index (χ1v) is 7.08. The van der Waals surface area contributed by atoms with Gasteiger partial charge in [-0.05, 0) is 23.8 Å². The van der Waals surface area contributed by atoms with Gasteiger partial charge in [0.2, 0.25) is 0 Å². The molecule has 0 amide bonds. The molecule has 0 unspecified atom stereocenters. The second-order valence-electron chi connectivity index (χ2n) is 4.29. The van der Waals surface area contributed by atoms with Crippen molar-refractivity contribution in [2.75, 3.05) is 7.11 Å². The maximum absolute atomic E-state index is 11.1. The van der Waals surface area contributed by atoms with Crippen molar-refractivity contribution in [3.05, 3.63) is 60.2 Å². The van der Waals surface area contributed by atoms with E-state index >= 15 is 0 Å². The Bertz CT molecular complexity index is 569. The number of hydrogen-bond acceptors (Lipinski definition) is 3. The van der Waals surface area contributed by atoms with Crippen LogP contribution >= 0.6 is 11.8 Å². The third kappa shape index (κ3) is 3.85. The Balaban J connectivity index is 2.20. The van der Waals surface area contributed by atoms with Gasteiger partial charge in [-0.15, -0.1) is 0 Å². The van der Waals surface area contributed by atoms with Gasteiger partial charge in [-0.2, -0.15) is 0 Å². The molecule has 0 fully saturated rings. The van der Waals surface area contributed by atoms with E-state index in [9.17, 15) is 4.79 Å². The van der Waals surface area contributed by atoms with Crippen LogP contribution in [-0.2, 0) is 16.0 Å². The second kappa shape index (κ2) is 7.12. The highest BCUT2D eigenvalue weighted by Gasteiger charge is 2.18. The zero-order valence-corrected chi connectivity index (χ0v) is 12.0. The zero-order valence-electron chi connectivity index (χ0n) is 11.2. The number of rotatable bonds is 6. The van der Waals surface area contributed by atoms with Crippen LogP contribution in [0.2, 0.25) is 0 Å². The van der Waals surface area contributed by atoms with Gasteiger partial charge in [0.15, 0.2) is 6.10 Å². The van der Waals surface area contributed by atoms with Crippen molar-refractivity contribution in [3.63, 3.8) is 0 Å². The van der Waals surface area contributed by atoms with E-state index < -0.39 is 12.1 Å². The first kappa shape index (κ1) is 14.6. The minimum Gasteiger partial charge on any atom is -0.479 e. The average Bonchev–Trinajstić information content (AvgIpc) is 2.47. The largest absolute Gasteiger partial charge is 0.479 e. The number of carboxylic acid groups (broad SMARTS) is 1. The van der Waals surface area contributed by atoms with Crippen LogP contribution in [0.1, 0.15) is 5.56 Å². The molecule has 0 spiro atoms. The summed E-state index contributed by atoms with van der Waals surface area (Å²) in [5.41, 5.74) is 0.982. The summed E-state index contributed by atoms with van der Waals surface area (Å²) in [7, 11) is 1.42. The molecule has 2 aromatic carbocycles. The molecule has 0 heterocycles. The predicted octanol–water partition coefficient (Wildman–Crippen LogP) is 3.48. The number of carboxylic acids is 1. The highest BCUT2D eigenvalue weighted by Crippen LogP contribution is 2.30. The van der Waals surface area contributed by atoms with Crippen LogP contribution in [0.4, 0.5) is 0 Å². The summed E-state index contributed by atoms with van der Waals surface area (Å²) in [5, 5.41) is 9.08. The van der Waals surface area contributed by atoms with E-state index in [1.807, 2.05) is 54.6 Å². The standard InChI is InChI=1S/C16H16O3S/c1-19-14(16(17)18)11-12-7-5-6-10-15(12)20-13-8-3-2-4-9-13/h2-10,14H,11H2,1H3,(H,17,18)/t14-/m0/s1. The molecule has 2 rings (SSSR count). The van der Waals surface area contributed by atoms with E-state index in [0.717, 1.165) is 15.4 Å². The van der Waals surface area contributed by atoms with Crippen molar-refractivity contribution < 1.29 is 14.6 Å². The summed E-state index contributed by atoms with van der Waals surface area (Å²) in [4.78, 5) is 13.3. The van der Waals surface area contributed by atoms with Crippen LogP contribution in [0.3, 0.4) is 0 Å². The molecule has 0 saturated heterocycles. The molecular weight excluding hydrogens is 272 g/mol. The van der Waals surface area contributed by atoms with Gasteiger partial charge in [0.25, 0.3) is 0 Å². The fraction of sp³-hybridized carbons (Fsp3) is 0.188. The minimum absolute atomic E-state index is 0.363. The normalized spacial score (nSPS) is 12.1. The van der Waals surface area contributed by atoms with Crippen molar-refractivity contribution in [1.82, 2.24) is 0 Å². The van der Waals surface area contributed by atoms with E-state index in [-0.39, 0.29) is 0 Å². The second-order valence-corrected chi connectivity index (χ2v) is 5.40. The summed E-state index contributed by atoms with van der Waals surface area (Å²) in [5.74, 6) is -0.938. The molecule has 1 atom stereocenters. The van der Waals surface area contributed by atoms with Crippen LogP contribution in [0.15, 0.2) is 64.4 Å². The lowest BCUT2D eigenvalue weighted by Gasteiger charge is -2.13. The van der Waals surface area contributed by atoms with E-state index in [4.69, 9.17) is 9.84 Å². The van der Waals surface area contributed by atoms with Crippen LogP contribution in [0, 0.1) is 0 Å². The maximum atomic E-state index is 11.1. The SMILES string of the molecule is CO[C@@H](Cc1ccccc1Sc1ccccc1)C(=O)O. The zero-order chi connectivity index (χ0) is 14.4. The fourth-order valence-electron chi connectivity index (χ4n) is 1.86. The summed E-state index contributed by atoms with van der Waals surface area (Å²) >= 11 is 1.63. The summed E-state index contributed by atoms with van der Waals surface area (Å²) < 4.78 is 5.01. The van der Waals surface area contributed by atoms with Gasteiger partial charge in [0.1, 0.15) is 0 Å². The lowest BCUT2D eigenvalue weighted by molar-refractivity contribution is -0.148. The lowest BCUT2D eigenvalue weighted by Crippen LogP contribution is -2.25. The molecule has 4 heteroatoms. The number of carbonyl (C=O) groups is 1. The molecule has 0 aromatic heterocycles. The van der Waals surface area contributed by atoms with Crippen LogP contribution in [0.5, 0.6) is 0 Å². The monoisotopic (exact) mass is 288 g/mol. The van der Waals surface area contributed by atoms with E-state index in [1.165, 1.54) is 7.11 Å². The van der Waals surface area contributed by atoms with Crippen molar-refractivity contribution in [2.24, 2.45) is 0 Å². The highest BCUT2D eigenvalue weighted by molar-refractivity contribution is 7.99. The molecular formula is C16H16O3S. The van der Waals surface area contributed by atoms with Gasteiger partial charge >= 0.3 is 5.97 Å². The first-order chi connectivity index (χ1) is 9.70. The number of benzene rings is 2. The van der Waals surface area contributed by atoms with Gasteiger partial charge in [-0.3, -0.25) is 0 Å². The molecule has 0 saturated carbocycles. The molecule has 104 valence electrons. The Morgan fingerprint density at radius 3 is 2.45 bits per heavy atom. The topological polar surface area (TPSA) is 46.5 Å². The number of hydrogen-bond donors (Lipinski definition) is 1. The third-order valence-corrected chi connectivity index (χ3v) is 4.03. The molecule has 2 aromatic rings. The van der Waals surface area contributed by atoms with E-state index in [1.54, 1.807) is 11.8 Å². The van der Waals surface area contributed by atoms with Gasteiger partial charge in [0, 0.05) is 23.3 Å². The van der Waals surface area contributed by atoms with Crippen molar-refractivity contribution in [3.8, 4) is 0 Å². The van der Waals surface area contributed by atoms with Gasteiger partial charge in [-0.1, -0.05) is 48.2 Å². The average molecular weight is 288 g/mol. The Kier molecular flexibility index (Phi) is 5.21. The first-order valence-electron chi connectivity index (χ1n) is 6.27. The molecule has 0 bridgehead atoms. The Morgan fingerprint density at radius 1 is 1.15 bits per heavy atom. The highest BCUT2D eigenvalue weighted by atomic mass is 32.2. The molecule has 1 N–H and O–H groups in total. The van der Waals surface area contributed by atoms with Crippen LogP contribution < -0.4 is 0 Å². The van der Waals surface area contributed by atoms with Crippen molar-refractivity contribution in [1.29, 1.82) is 0 Å². The van der Waals surface area contributed by atoms with Crippen LogP contribution in [0.25, 0.3) is 0 Å². The van der Waals surface area contributed by atoms with E-state index in [2.05, 4.69) is 0 Å². The van der Waals surface area contributed by atoms with Crippen LogP contribution in [-0.4, -0.2) is 24.3 Å². The molecule has 3 nitrogen and oxygen atoms in total. The van der Waals surface area contributed by atoms with E-state index in [0.29, 0.717) is 6.42 Å². The predicted molar refractivity (Wildman–Crippen MR) is 79.1 cm³/mol. The smallest absolute Gasteiger partial charge is 0.333 e. The van der Waals surface area contributed by atoms with Crippen molar-refractivity contribution >= 4 is 17.7 Å². The van der Waals surface area contributed by atoms with Gasteiger partial charge < -0.3 is 9.84 Å². The molecule has 0 aliphatic heterocycles. The third-order valence-electron chi connectivity index (χ3n) is 2.91. The molecule has 0 aliphatic rings. The number of methoxy groups -OCH3 is 1. The minimum atomic E-state index is -0.938. The maximum Gasteiger partial charge on any atom is 0.333 e. The van der Waals surface area contributed by atoms with Gasteiger partial charge in [0.05, 0.1) is 0 Å². The fourth-order valence-corrected chi connectivity index (χ4v) is 2.83. The Labute approximate surface area is 122 Å². The summed E-state index contributed by atoms with van der Waals surface area (Å²) in [6, 6.07) is 17.8. The molecule has 20 heavy (non-hydrogen) atoms. The molecule has 0 radical (unpaired) electrons. The Morgan fingerprint density at radius 2 is 1.80 bits per heavy atom.